The first kappa shape index (κ1) is 23.7. The van der Waals surface area contributed by atoms with Gasteiger partial charge in [0.15, 0.2) is 8.32 Å². The summed E-state index contributed by atoms with van der Waals surface area (Å²) in [4.78, 5) is 12.2. The maximum atomic E-state index is 12.2. The van der Waals surface area contributed by atoms with Crippen LogP contribution in [0.2, 0.25) is 23.2 Å². The first-order valence-corrected chi connectivity index (χ1v) is 12.8. The van der Waals surface area contributed by atoms with E-state index in [0.29, 0.717) is 11.6 Å². The summed E-state index contributed by atoms with van der Waals surface area (Å²) in [6.45, 7) is 17.3. The van der Waals surface area contributed by atoms with E-state index in [1.807, 2.05) is 24.3 Å². The van der Waals surface area contributed by atoms with Gasteiger partial charge in [0.1, 0.15) is 0 Å². The number of alkyl carbamates (subject to hydrolysis) is 1. The molecule has 0 radical (unpaired) electrons. The second-order valence-electron chi connectivity index (χ2n) is 8.25. The van der Waals surface area contributed by atoms with E-state index < -0.39 is 20.5 Å². The van der Waals surface area contributed by atoms with Crippen molar-refractivity contribution in [3.63, 3.8) is 0 Å². The fraction of sp³-hybridized carbons (Fsp3) is 0.571. The smallest absolute Gasteiger partial charge is 0.407 e. The topological polar surface area (TPSA) is 47.6 Å². The van der Waals surface area contributed by atoms with Crippen molar-refractivity contribution in [2.75, 3.05) is 6.61 Å². The molecule has 1 aromatic carbocycles. The predicted molar refractivity (Wildman–Crippen MR) is 116 cm³/mol. The van der Waals surface area contributed by atoms with Gasteiger partial charge in [0.25, 0.3) is 0 Å². The molecule has 1 rings (SSSR count). The number of nitrogens with one attached hydrogen (secondary N) is 1. The van der Waals surface area contributed by atoms with Gasteiger partial charge in [0.2, 0.25) is 0 Å². The molecule has 0 saturated carbocycles. The molecule has 2 atom stereocenters. The molecule has 0 aromatic heterocycles. The Hall–Kier alpha value is -1.30. The fourth-order valence-corrected chi connectivity index (χ4v) is 3.74. The van der Waals surface area contributed by atoms with Crippen LogP contribution < -0.4 is 5.32 Å². The van der Waals surface area contributed by atoms with Crippen LogP contribution in [0.3, 0.4) is 0 Å². The van der Waals surface area contributed by atoms with Crippen LogP contribution in [0.4, 0.5) is 4.79 Å². The van der Waals surface area contributed by atoms with E-state index in [-0.39, 0.29) is 11.1 Å². The Morgan fingerprint density at radius 3 is 2.56 bits per heavy atom. The number of carbonyl (C=O) groups excluding carboxylic acids is 1. The van der Waals surface area contributed by atoms with Crippen molar-refractivity contribution < 1.29 is 14.0 Å². The standard InChI is InChI=1S/C21H34ClNO3Si/c1-8-10-14-25-20(24)23-18(9-2)19(16-12-11-13-17(22)15-16)26-27(6,7)21(3,4)5/h9,11-13,15,18-19H,2,8,10,14H2,1,3-7H3,(H,23,24)/t18-,19+/m0/s1. The maximum Gasteiger partial charge on any atom is 0.407 e. The maximum absolute atomic E-state index is 12.2. The van der Waals surface area contributed by atoms with Gasteiger partial charge >= 0.3 is 6.09 Å². The summed E-state index contributed by atoms with van der Waals surface area (Å²) in [5, 5.41) is 3.55. The number of amides is 1. The molecule has 0 aliphatic carbocycles. The second-order valence-corrected chi connectivity index (χ2v) is 13.4. The minimum Gasteiger partial charge on any atom is -0.450 e. The minimum absolute atomic E-state index is 0.0250. The van der Waals surface area contributed by atoms with Gasteiger partial charge < -0.3 is 14.5 Å². The molecule has 0 aliphatic rings. The Kier molecular flexibility index (Phi) is 9.05. The molecule has 0 bridgehead atoms. The Labute approximate surface area is 170 Å². The quantitative estimate of drug-likeness (QED) is 0.287. The Morgan fingerprint density at radius 1 is 1.37 bits per heavy atom. The lowest BCUT2D eigenvalue weighted by atomic mass is 10.0. The molecule has 0 saturated heterocycles. The predicted octanol–water partition coefficient (Wildman–Crippen LogP) is 6.48. The lowest BCUT2D eigenvalue weighted by molar-refractivity contribution is 0.120. The first-order valence-electron chi connectivity index (χ1n) is 9.51. The van der Waals surface area contributed by atoms with E-state index in [0.717, 1.165) is 18.4 Å². The van der Waals surface area contributed by atoms with Crippen LogP contribution in [-0.4, -0.2) is 27.1 Å². The van der Waals surface area contributed by atoms with Gasteiger partial charge in [0, 0.05) is 5.02 Å². The molecule has 1 aromatic rings. The third-order valence-corrected chi connectivity index (χ3v) is 9.69. The van der Waals surface area contributed by atoms with Crippen molar-refractivity contribution in [2.24, 2.45) is 0 Å². The summed E-state index contributed by atoms with van der Waals surface area (Å²) in [5.74, 6) is 0. The van der Waals surface area contributed by atoms with Crippen LogP contribution in [0.25, 0.3) is 0 Å². The lowest BCUT2D eigenvalue weighted by Gasteiger charge is -2.41. The first-order chi connectivity index (χ1) is 12.5. The van der Waals surface area contributed by atoms with E-state index in [1.54, 1.807) is 6.08 Å². The molecular weight excluding hydrogens is 378 g/mol. The second kappa shape index (κ2) is 10.3. The summed E-state index contributed by atoms with van der Waals surface area (Å²) in [5.41, 5.74) is 0.908. The highest BCUT2D eigenvalue weighted by atomic mass is 35.5. The SMILES string of the molecule is C=C[C@H](NC(=O)OCCCC)[C@H](O[Si](C)(C)C(C)(C)C)c1cccc(Cl)c1. The summed E-state index contributed by atoms with van der Waals surface area (Å²) >= 11 is 6.21. The highest BCUT2D eigenvalue weighted by Crippen LogP contribution is 2.41. The van der Waals surface area contributed by atoms with Crippen LogP contribution >= 0.6 is 11.6 Å². The summed E-state index contributed by atoms with van der Waals surface area (Å²) in [6.07, 6.45) is 2.65. The normalized spacial score (nSPS) is 14.3. The summed E-state index contributed by atoms with van der Waals surface area (Å²) in [6, 6.07) is 7.12. The van der Waals surface area contributed by atoms with Crippen molar-refractivity contribution >= 4 is 26.0 Å². The zero-order valence-electron chi connectivity index (χ0n) is 17.5. The number of benzene rings is 1. The number of hydrogen-bond donors (Lipinski definition) is 1. The van der Waals surface area contributed by atoms with Gasteiger partial charge in [-0.15, -0.1) is 6.58 Å². The van der Waals surface area contributed by atoms with Crippen molar-refractivity contribution in [3.05, 3.63) is 47.5 Å². The highest BCUT2D eigenvalue weighted by Gasteiger charge is 2.41. The van der Waals surface area contributed by atoms with Crippen molar-refractivity contribution in [1.82, 2.24) is 5.32 Å². The number of hydrogen-bond acceptors (Lipinski definition) is 3. The Balaban J connectivity index is 3.11. The van der Waals surface area contributed by atoms with E-state index in [4.69, 9.17) is 20.8 Å². The number of halogens is 1. The van der Waals surface area contributed by atoms with Crippen LogP contribution in [0, 0.1) is 0 Å². The van der Waals surface area contributed by atoms with E-state index >= 15 is 0 Å². The van der Waals surface area contributed by atoms with E-state index in [9.17, 15) is 4.79 Å². The van der Waals surface area contributed by atoms with Crippen molar-refractivity contribution in [2.45, 2.75) is 70.8 Å². The van der Waals surface area contributed by atoms with Gasteiger partial charge in [-0.25, -0.2) is 4.79 Å². The highest BCUT2D eigenvalue weighted by molar-refractivity contribution is 6.74. The molecule has 0 unspecified atom stereocenters. The summed E-state index contributed by atoms with van der Waals surface area (Å²) in [7, 11) is -2.11. The third kappa shape index (κ3) is 7.32. The fourth-order valence-electron chi connectivity index (χ4n) is 2.27. The largest absolute Gasteiger partial charge is 0.450 e. The number of rotatable bonds is 9. The van der Waals surface area contributed by atoms with E-state index in [2.05, 4.69) is 52.7 Å². The van der Waals surface area contributed by atoms with Crippen LogP contribution in [0.5, 0.6) is 0 Å². The zero-order chi connectivity index (χ0) is 20.7. The van der Waals surface area contributed by atoms with Gasteiger partial charge in [-0.3, -0.25) is 0 Å². The monoisotopic (exact) mass is 411 g/mol. The molecule has 27 heavy (non-hydrogen) atoms. The lowest BCUT2D eigenvalue weighted by Crippen LogP contribution is -2.47. The third-order valence-electron chi connectivity index (χ3n) is 5.00. The van der Waals surface area contributed by atoms with E-state index in [1.165, 1.54) is 0 Å². The van der Waals surface area contributed by atoms with Gasteiger partial charge in [-0.1, -0.05) is 63.9 Å². The van der Waals surface area contributed by atoms with Gasteiger partial charge in [-0.2, -0.15) is 0 Å². The van der Waals surface area contributed by atoms with Crippen LogP contribution in [0.15, 0.2) is 36.9 Å². The Bertz CT molecular complexity index is 628. The molecule has 0 heterocycles. The minimum atomic E-state index is -2.11. The molecule has 6 heteroatoms. The zero-order valence-corrected chi connectivity index (χ0v) is 19.2. The Morgan fingerprint density at radius 2 is 2.04 bits per heavy atom. The molecule has 0 aliphatic heterocycles. The molecule has 1 amide bonds. The van der Waals surface area contributed by atoms with Gasteiger partial charge in [0.05, 0.1) is 18.8 Å². The average Bonchev–Trinajstić information content (AvgIpc) is 2.57. The molecule has 152 valence electrons. The molecule has 1 N–H and O–H groups in total. The molecular formula is C21H34ClNO3Si. The van der Waals surface area contributed by atoms with Crippen LogP contribution in [-0.2, 0) is 9.16 Å². The summed E-state index contributed by atoms with van der Waals surface area (Å²) < 4.78 is 11.9. The molecule has 0 fully saturated rings. The molecule has 4 nitrogen and oxygen atoms in total. The van der Waals surface area contributed by atoms with Crippen molar-refractivity contribution in [3.8, 4) is 0 Å². The average molecular weight is 412 g/mol. The molecule has 0 spiro atoms. The van der Waals surface area contributed by atoms with Gasteiger partial charge in [-0.05, 0) is 42.2 Å². The van der Waals surface area contributed by atoms with Crippen LogP contribution in [0.1, 0.15) is 52.2 Å². The number of ether oxygens (including phenoxy) is 1. The van der Waals surface area contributed by atoms with Crippen molar-refractivity contribution in [1.29, 1.82) is 0 Å². The number of unbranched alkanes of at least 4 members (excludes halogenated alkanes) is 1. The number of carbonyl (C=O) groups is 1.